The number of hydrogen-bond acceptors (Lipinski definition) is 0. The molecule has 0 radical (unpaired) electrons. The maximum Gasteiger partial charge on any atom is 0.431 e. The van der Waals surface area contributed by atoms with Crippen LogP contribution in [0.4, 0.5) is 32.0 Å². The van der Waals surface area contributed by atoms with Crippen LogP contribution in [-0.4, -0.2) is 4.98 Å². The van der Waals surface area contributed by atoms with E-state index in [0.29, 0.717) is 6.07 Å². The normalized spacial score (nSPS) is 12.7. The van der Waals surface area contributed by atoms with Crippen LogP contribution in [0.15, 0.2) is 18.2 Å². The van der Waals surface area contributed by atoms with Crippen LogP contribution in [0.3, 0.4) is 0 Å². The first kappa shape index (κ1) is 13.3. The number of nitrogens with zero attached hydrogens (tertiary/aromatic N) is 1. The van der Waals surface area contributed by atoms with Gasteiger partial charge in [-0.15, -0.1) is 0 Å². The molecule has 0 saturated heterocycles. The molecule has 0 aliphatic rings. The highest BCUT2D eigenvalue weighted by Gasteiger charge is 2.38. The summed E-state index contributed by atoms with van der Waals surface area (Å²) in [5.74, 6) is 0. The average molecular weight is 278 g/mol. The summed E-state index contributed by atoms with van der Waals surface area (Å²) in [6, 6.07) is 2.23. The molecular weight excluding hydrogens is 274 g/mol. The number of nitrogens with one attached hydrogen (secondary N) is 1. The number of aromatic amines is 1. The standard InChI is InChI=1S/C11H4F6N2/c1-18-7-3-2-6-5(9(7)11(15,16)17)4-8(19-6)10(12,13)14/h2-4,19H. The van der Waals surface area contributed by atoms with E-state index < -0.39 is 34.7 Å². The quantitative estimate of drug-likeness (QED) is 0.530. The summed E-state index contributed by atoms with van der Waals surface area (Å²) < 4.78 is 75.9. The fourth-order valence-corrected chi connectivity index (χ4v) is 1.74. The number of H-pyrrole nitrogens is 1. The van der Waals surface area contributed by atoms with E-state index in [2.05, 4.69) is 4.85 Å². The van der Waals surface area contributed by atoms with Gasteiger partial charge >= 0.3 is 12.4 Å². The van der Waals surface area contributed by atoms with Crippen molar-refractivity contribution in [2.24, 2.45) is 0 Å². The van der Waals surface area contributed by atoms with E-state index in [9.17, 15) is 26.3 Å². The van der Waals surface area contributed by atoms with Gasteiger partial charge in [0.1, 0.15) is 5.69 Å². The lowest BCUT2D eigenvalue weighted by Gasteiger charge is -2.09. The number of aromatic nitrogens is 1. The number of hydrogen-bond donors (Lipinski definition) is 1. The first-order valence-corrected chi connectivity index (χ1v) is 4.82. The number of halogens is 6. The molecule has 1 N–H and O–H groups in total. The third kappa shape index (κ3) is 2.23. The second-order valence-corrected chi connectivity index (χ2v) is 3.71. The highest BCUT2D eigenvalue weighted by atomic mass is 19.4. The Hall–Kier alpha value is -2.17. The molecule has 2 rings (SSSR count). The van der Waals surface area contributed by atoms with Crippen LogP contribution >= 0.6 is 0 Å². The molecule has 1 aromatic heterocycles. The van der Waals surface area contributed by atoms with Gasteiger partial charge in [0.05, 0.1) is 12.1 Å². The van der Waals surface area contributed by atoms with Crippen LogP contribution in [-0.2, 0) is 12.4 Å². The molecular formula is C11H4F6N2. The summed E-state index contributed by atoms with van der Waals surface area (Å²) >= 11 is 0. The van der Waals surface area contributed by atoms with Gasteiger partial charge in [-0.2, -0.15) is 26.3 Å². The van der Waals surface area contributed by atoms with Gasteiger partial charge in [-0.1, -0.05) is 6.07 Å². The summed E-state index contributed by atoms with van der Waals surface area (Å²) in [5, 5.41) is -0.659. The zero-order chi connectivity index (χ0) is 14.4. The van der Waals surface area contributed by atoms with Gasteiger partial charge < -0.3 is 4.98 Å². The van der Waals surface area contributed by atoms with Gasteiger partial charge in [0.2, 0.25) is 0 Å². The van der Waals surface area contributed by atoms with Crippen molar-refractivity contribution in [3.05, 3.63) is 40.9 Å². The minimum atomic E-state index is -4.90. The lowest BCUT2D eigenvalue weighted by Crippen LogP contribution is -2.05. The molecule has 0 saturated carbocycles. The molecule has 8 heteroatoms. The highest BCUT2D eigenvalue weighted by Crippen LogP contribution is 2.43. The third-order valence-electron chi connectivity index (χ3n) is 2.49. The third-order valence-corrected chi connectivity index (χ3v) is 2.49. The maximum absolute atomic E-state index is 12.8. The molecule has 19 heavy (non-hydrogen) atoms. The van der Waals surface area contributed by atoms with Crippen LogP contribution in [0.25, 0.3) is 15.7 Å². The molecule has 0 amide bonds. The molecule has 2 aromatic rings. The Labute approximate surface area is 102 Å². The lowest BCUT2D eigenvalue weighted by molar-refractivity contribution is -0.141. The van der Waals surface area contributed by atoms with E-state index in [0.717, 1.165) is 12.1 Å². The Morgan fingerprint density at radius 3 is 2.11 bits per heavy atom. The zero-order valence-corrected chi connectivity index (χ0v) is 8.95. The molecule has 100 valence electrons. The predicted octanol–water partition coefficient (Wildman–Crippen LogP) is 4.76. The van der Waals surface area contributed by atoms with E-state index >= 15 is 0 Å². The van der Waals surface area contributed by atoms with Crippen LogP contribution in [0.1, 0.15) is 11.3 Å². The van der Waals surface area contributed by atoms with E-state index in [1.165, 1.54) is 0 Å². The Morgan fingerprint density at radius 2 is 1.63 bits per heavy atom. The second kappa shape index (κ2) is 3.91. The number of alkyl halides is 6. The smallest absolute Gasteiger partial charge is 0.351 e. The van der Waals surface area contributed by atoms with Gasteiger partial charge in [-0.25, -0.2) is 4.85 Å². The van der Waals surface area contributed by atoms with Crippen molar-refractivity contribution < 1.29 is 26.3 Å². The van der Waals surface area contributed by atoms with Crippen LogP contribution < -0.4 is 0 Å². The van der Waals surface area contributed by atoms with Crippen molar-refractivity contribution >= 4 is 16.6 Å². The monoisotopic (exact) mass is 278 g/mol. The Morgan fingerprint density at radius 1 is 1.00 bits per heavy atom. The molecule has 0 aliphatic heterocycles. The Kier molecular flexibility index (Phi) is 2.73. The van der Waals surface area contributed by atoms with Crippen molar-refractivity contribution in [1.82, 2.24) is 4.98 Å². The van der Waals surface area contributed by atoms with Gasteiger partial charge in [-0.3, -0.25) is 0 Å². The first-order valence-electron chi connectivity index (χ1n) is 4.82. The molecule has 1 heterocycles. The van der Waals surface area contributed by atoms with Gasteiger partial charge in [0.15, 0.2) is 5.69 Å². The fraction of sp³-hybridized carbons (Fsp3) is 0.182. The predicted molar refractivity (Wildman–Crippen MR) is 54.6 cm³/mol. The van der Waals surface area contributed by atoms with Crippen LogP contribution in [0, 0.1) is 6.57 Å². The topological polar surface area (TPSA) is 20.1 Å². The summed E-state index contributed by atoms with van der Waals surface area (Å²) in [7, 11) is 0. The number of fused-ring (bicyclic) bond motifs is 1. The summed E-state index contributed by atoms with van der Waals surface area (Å²) in [5.41, 5.74) is -3.68. The Bertz CT molecular complexity index is 671. The molecule has 0 aliphatic carbocycles. The SMILES string of the molecule is [C-]#[N+]c1ccc2[nH]c(C(F)(F)F)cc2c1C(F)(F)F. The Balaban J connectivity index is 2.83. The minimum absolute atomic E-state index is 0.313. The van der Waals surface area contributed by atoms with Gasteiger partial charge in [0, 0.05) is 10.9 Å². The highest BCUT2D eigenvalue weighted by molar-refractivity contribution is 5.89. The number of benzene rings is 1. The van der Waals surface area contributed by atoms with E-state index in [1.54, 1.807) is 0 Å². The molecule has 0 fully saturated rings. The van der Waals surface area contributed by atoms with Crippen molar-refractivity contribution in [1.29, 1.82) is 0 Å². The molecule has 0 atom stereocenters. The van der Waals surface area contributed by atoms with E-state index in [1.807, 2.05) is 4.98 Å². The van der Waals surface area contributed by atoms with Crippen molar-refractivity contribution in [3.63, 3.8) is 0 Å². The summed E-state index contributed by atoms with van der Waals surface area (Å²) in [6.07, 6.45) is -9.68. The first-order chi connectivity index (χ1) is 8.64. The number of rotatable bonds is 0. The molecule has 0 bridgehead atoms. The summed E-state index contributed by atoms with van der Waals surface area (Å²) in [4.78, 5) is 4.56. The fourth-order valence-electron chi connectivity index (χ4n) is 1.74. The van der Waals surface area contributed by atoms with Crippen molar-refractivity contribution in [2.45, 2.75) is 12.4 Å². The van der Waals surface area contributed by atoms with Crippen molar-refractivity contribution in [3.8, 4) is 0 Å². The largest absolute Gasteiger partial charge is 0.431 e. The van der Waals surface area contributed by atoms with Crippen molar-refractivity contribution in [2.75, 3.05) is 0 Å². The molecule has 0 spiro atoms. The van der Waals surface area contributed by atoms with E-state index in [-0.39, 0.29) is 5.52 Å². The molecule has 0 unspecified atom stereocenters. The molecule has 1 aromatic carbocycles. The maximum atomic E-state index is 12.8. The van der Waals surface area contributed by atoms with Gasteiger partial charge in [0.25, 0.3) is 0 Å². The average Bonchev–Trinajstić information content (AvgIpc) is 2.68. The zero-order valence-electron chi connectivity index (χ0n) is 8.95. The van der Waals surface area contributed by atoms with Crippen LogP contribution in [0.2, 0.25) is 0 Å². The lowest BCUT2D eigenvalue weighted by atomic mass is 10.1. The van der Waals surface area contributed by atoms with Gasteiger partial charge in [-0.05, 0) is 12.1 Å². The van der Waals surface area contributed by atoms with Crippen LogP contribution in [0.5, 0.6) is 0 Å². The molecule has 2 nitrogen and oxygen atoms in total. The minimum Gasteiger partial charge on any atom is -0.351 e. The summed E-state index contributed by atoms with van der Waals surface area (Å²) in [6.45, 7) is 6.66. The second-order valence-electron chi connectivity index (χ2n) is 3.71. The van der Waals surface area contributed by atoms with E-state index in [4.69, 9.17) is 6.57 Å².